The number of piperidine rings is 1. The van der Waals surface area contributed by atoms with Gasteiger partial charge in [-0.3, -0.25) is 9.48 Å². The Kier molecular flexibility index (Phi) is 5.19. The number of amides is 1. The molecule has 0 saturated carbocycles. The number of hydrogen-bond donors (Lipinski definition) is 0. The van der Waals surface area contributed by atoms with Gasteiger partial charge in [0.1, 0.15) is 11.5 Å². The number of nitrogens with zero attached hydrogens (tertiary/aromatic N) is 3. The second kappa shape index (κ2) is 7.34. The van der Waals surface area contributed by atoms with Gasteiger partial charge in [0.25, 0.3) is 5.91 Å². The summed E-state index contributed by atoms with van der Waals surface area (Å²) in [5.74, 6) is 0.201. The fourth-order valence-corrected chi connectivity index (χ4v) is 3.55. The maximum Gasteiger partial charge on any atom is 0.273 e. The van der Waals surface area contributed by atoms with Gasteiger partial charge in [0.15, 0.2) is 0 Å². The summed E-state index contributed by atoms with van der Waals surface area (Å²) in [5.41, 5.74) is 1.59. The fourth-order valence-electron chi connectivity index (χ4n) is 3.31. The maximum atomic E-state index is 13.0. The van der Waals surface area contributed by atoms with Crippen molar-refractivity contribution in [2.75, 3.05) is 13.1 Å². The van der Waals surface area contributed by atoms with Gasteiger partial charge in [-0.05, 0) is 49.3 Å². The highest BCUT2D eigenvalue weighted by molar-refractivity contribution is 6.33. The molecular weight excluding hydrogens is 329 g/mol. The molecule has 0 spiro atoms. The molecule has 4 nitrogen and oxygen atoms in total. The molecule has 1 fully saturated rings. The normalized spacial score (nSPS) is 18.0. The Hall–Kier alpha value is -1.88. The molecule has 2 aromatic rings. The largest absolute Gasteiger partial charge is 0.337 e. The average molecular weight is 350 g/mol. The lowest BCUT2D eigenvalue weighted by Gasteiger charge is -2.33. The summed E-state index contributed by atoms with van der Waals surface area (Å²) >= 11 is 6.09. The van der Waals surface area contributed by atoms with Crippen LogP contribution in [0.5, 0.6) is 0 Å². The Balaban J connectivity index is 1.60. The predicted octanol–water partition coefficient (Wildman–Crippen LogP) is 3.70. The van der Waals surface area contributed by atoms with Crippen LogP contribution >= 0.6 is 11.6 Å². The molecular formula is C18H21ClFN3O. The zero-order chi connectivity index (χ0) is 17.1. The van der Waals surface area contributed by atoms with Gasteiger partial charge in [-0.2, -0.15) is 5.10 Å². The minimum atomic E-state index is -0.207. The van der Waals surface area contributed by atoms with Crippen molar-refractivity contribution in [2.24, 2.45) is 13.0 Å². The number of likely N-dealkylation sites (tertiary alicyclic amines) is 1. The minimum Gasteiger partial charge on any atom is -0.337 e. The van der Waals surface area contributed by atoms with E-state index in [1.54, 1.807) is 7.05 Å². The van der Waals surface area contributed by atoms with E-state index in [0.29, 0.717) is 16.6 Å². The highest BCUT2D eigenvalue weighted by Gasteiger charge is 2.27. The van der Waals surface area contributed by atoms with Gasteiger partial charge in [-0.1, -0.05) is 23.7 Å². The minimum absolute atomic E-state index is 0.0496. The molecule has 1 saturated heterocycles. The van der Waals surface area contributed by atoms with Crippen LogP contribution < -0.4 is 0 Å². The first-order chi connectivity index (χ1) is 11.5. The van der Waals surface area contributed by atoms with Gasteiger partial charge >= 0.3 is 0 Å². The zero-order valence-electron chi connectivity index (χ0n) is 13.7. The van der Waals surface area contributed by atoms with Gasteiger partial charge in [-0.15, -0.1) is 0 Å². The van der Waals surface area contributed by atoms with Crippen LogP contribution in [-0.4, -0.2) is 33.7 Å². The van der Waals surface area contributed by atoms with E-state index >= 15 is 0 Å². The second-order valence-corrected chi connectivity index (χ2v) is 6.80. The number of aryl methyl sites for hydroxylation is 2. The molecule has 3 rings (SSSR count). The first kappa shape index (κ1) is 17.0. The monoisotopic (exact) mass is 349 g/mol. The number of benzene rings is 1. The summed E-state index contributed by atoms with van der Waals surface area (Å²) in [6.45, 7) is 1.49. The third kappa shape index (κ3) is 3.78. The van der Waals surface area contributed by atoms with E-state index in [0.717, 1.165) is 44.3 Å². The highest BCUT2D eigenvalue weighted by Crippen LogP contribution is 2.24. The third-order valence-electron chi connectivity index (χ3n) is 4.66. The van der Waals surface area contributed by atoms with Gasteiger partial charge < -0.3 is 4.90 Å². The maximum absolute atomic E-state index is 13.0. The van der Waals surface area contributed by atoms with E-state index in [9.17, 15) is 9.18 Å². The first-order valence-corrected chi connectivity index (χ1v) is 8.63. The lowest BCUT2D eigenvalue weighted by atomic mass is 9.91. The van der Waals surface area contributed by atoms with Crippen molar-refractivity contribution in [2.45, 2.75) is 25.7 Å². The zero-order valence-corrected chi connectivity index (χ0v) is 14.5. The van der Waals surface area contributed by atoms with E-state index in [1.165, 1.54) is 23.0 Å². The molecule has 1 aliphatic rings. The van der Waals surface area contributed by atoms with Crippen LogP contribution in [0.4, 0.5) is 4.39 Å². The number of carbonyl (C=O) groups excluding carboxylic acids is 1. The van der Waals surface area contributed by atoms with Crippen molar-refractivity contribution in [1.29, 1.82) is 0 Å². The SMILES string of the molecule is Cn1ncc(Cl)c1C(=O)N1CCC[C@@H](CCc2ccc(F)cc2)C1. The Bertz CT molecular complexity index is 694. The molecule has 0 aliphatic carbocycles. The van der Waals surface area contributed by atoms with E-state index in [4.69, 9.17) is 11.6 Å². The van der Waals surface area contributed by atoms with Crippen LogP contribution in [0.15, 0.2) is 30.5 Å². The molecule has 2 heterocycles. The number of carbonyl (C=O) groups is 1. The quantitative estimate of drug-likeness (QED) is 0.844. The summed E-state index contributed by atoms with van der Waals surface area (Å²) in [6, 6.07) is 6.65. The Morgan fingerprint density at radius 3 is 2.79 bits per heavy atom. The molecule has 0 bridgehead atoms. The molecule has 1 atom stereocenters. The van der Waals surface area contributed by atoms with E-state index < -0.39 is 0 Å². The second-order valence-electron chi connectivity index (χ2n) is 6.39. The molecule has 1 amide bonds. The molecule has 1 aromatic carbocycles. The number of rotatable bonds is 4. The summed E-state index contributed by atoms with van der Waals surface area (Å²) in [4.78, 5) is 14.6. The molecule has 1 aliphatic heterocycles. The van der Waals surface area contributed by atoms with E-state index in [2.05, 4.69) is 5.10 Å². The predicted molar refractivity (Wildman–Crippen MR) is 91.6 cm³/mol. The van der Waals surface area contributed by atoms with Crippen molar-refractivity contribution < 1.29 is 9.18 Å². The van der Waals surface area contributed by atoms with Crippen molar-refractivity contribution in [3.05, 3.63) is 52.6 Å². The molecule has 0 N–H and O–H groups in total. The van der Waals surface area contributed by atoms with Crippen LogP contribution in [0.1, 0.15) is 35.3 Å². The van der Waals surface area contributed by atoms with Crippen LogP contribution in [0, 0.1) is 11.7 Å². The van der Waals surface area contributed by atoms with Crippen LogP contribution in [0.2, 0.25) is 5.02 Å². The van der Waals surface area contributed by atoms with Gasteiger partial charge in [0.2, 0.25) is 0 Å². The van der Waals surface area contributed by atoms with E-state index in [1.807, 2.05) is 17.0 Å². The topological polar surface area (TPSA) is 38.1 Å². The summed E-state index contributed by atoms with van der Waals surface area (Å²) in [7, 11) is 1.73. The lowest BCUT2D eigenvalue weighted by molar-refractivity contribution is 0.0657. The molecule has 128 valence electrons. The number of hydrogen-bond acceptors (Lipinski definition) is 2. The van der Waals surface area contributed by atoms with Gasteiger partial charge in [0.05, 0.1) is 11.2 Å². The molecule has 24 heavy (non-hydrogen) atoms. The Morgan fingerprint density at radius 2 is 2.12 bits per heavy atom. The van der Waals surface area contributed by atoms with Crippen molar-refractivity contribution in [3.63, 3.8) is 0 Å². The Morgan fingerprint density at radius 1 is 1.38 bits per heavy atom. The smallest absolute Gasteiger partial charge is 0.273 e. The number of halogens is 2. The molecule has 1 aromatic heterocycles. The summed E-state index contributed by atoms with van der Waals surface area (Å²) in [5, 5.41) is 4.44. The fraction of sp³-hybridized carbons (Fsp3) is 0.444. The van der Waals surface area contributed by atoms with E-state index in [-0.39, 0.29) is 11.7 Å². The summed E-state index contributed by atoms with van der Waals surface area (Å²) in [6.07, 6.45) is 5.51. The Labute approximate surface area is 146 Å². The van der Waals surface area contributed by atoms with Crippen molar-refractivity contribution in [3.8, 4) is 0 Å². The lowest BCUT2D eigenvalue weighted by Crippen LogP contribution is -2.40. The van der Waals surface area contributed by atoms with Crippen molar-refractivity contribution in [1.82, 2.24) is 14.7 Å². The number of aromatic nitrogens is 2. The third-order valence-corrected chi connectivity index (χ3v) is 4.93. The summed E-state index contributed by atoms with van der Waals surface area (Å²) < 4.78 is 14.5. The van der Waals surface area contributed by atoms with Crippen molar-refractivity contribution >= 4 is 17.5 Å². The van der Waals surface area contributed by atoms with Gasteiger partial charge in [0, 0.05) is 20.1 Å². The van der Waals surface area contributed by atoms with Crippen LogP contribution in [0.25, 0.3) is 0 Å². The van der Waals surface area contributed by atoms with Crippen LogP contribution in [0.3, 0.4) is 0 Å². The standard InChI is InChI=1S/C18H21ClFN3O/c1-22-17(16(19)11-21-22)18(24)23-10-2-3-14(12-23)5-4-13-6-8-15(20)9-7-13/h6-9,11,14H,2-5,10,12H2,1H3/t14-/m0/s1. The van der Waals surface area contributed by atoms with Gasteiger partial charge in [-0.25, -0.2) is 4.39 Å². The molecule has 6 heteroatoms. The molecule has 0 radical (unpaired) electrons. The highest BCUT2D eigenvalue weighted by atomic mass is 35.5. The average Bonchev–Trinajstić information content (AvgIpc) is 2.93. The van der Waals surface area contributed by atoms with Crippen LogP contribution in [-0.2, 0) is 13.5 Å². The first-order valence-electron chi connectivity index (χ1n) is 8.26. The molecule has 0 unspecified atom stereocenters.